The van der Waals surface area contributed by atoms with Crippen molar-refractivity contribution in [2.45, 2.75) is 46.6 Å². The Labute approximate surface area is 111 Å². The van der Waals surface area contributed by atoms with Crippen LogP contribution in [0.15, 0.2) is 18.2 Å². The van der Waals surface area contributed by atoms with Gasteiger partial charge in [-0.15, -0.1) is 0 Å². The largest absolute Gasteiger partial charge is 0.326 e. The molecule has 0 radical (unpaired) electrons. The molecule has 2 N–H and O–H groups in total. The second kappa shape index (κ2) is 7.32. The number of nitrogens with two attached hydrogens (primary N) is 1. The number of hydrogen-bond donors (Lipinski definition) is 1. The molecule has 1 atom stereocenters. The summed E-state index contributed by atoms with van der Waals surface area (Å²) < 4.78 is 0. The second-order valence-corrected chi connectivity index (χ2v) is 5.56. The molecule has 0 bridgehead atoms. The maximum Gasteiger partial charge on any atom is 0.123 e. The molecular formula is C16H25NO. The van der Waals surface area contributed by atoms with Crippen LogP contribution in [0.1, 0.15) is 43.9 Å². The van der Waals surface area contributed by atoms with E-state index in [-0.39, 0.29) is 5.92 Å². The van der Waals surface area contributed by atoms with Crippen LogP contribution >= 0.6 is 0 Å². The highest BCUT2D eigenvalue weighted by Gasteiger charge is 2.08. The van der Waals surface area contributed by atoms with Gasteiger partial charge < -0.3 is 10.5 Å². The van der Waals surface area contributed by atoms with E-state index in [0.717, 1.165) is 30.6 Å². The van der Waals surface area contributed by atoms with Crippen molar-refractivity contribution >= 4 is 6.29 Å². The summed E-state index contributed by atoms with van der Waals surface area (Å²) in [6.45, 7) is 6.98. The molecule has 0 saturated heterocycles. The zero-order chi connectivity index (χ0) is 13.5. The Morgan fingerprint density at radius 1 is 1.22 bits per heavy atom. The predicted molar refractivity (Wildman–Crippen MR) is 76.4 cm³/mol. The molecule has 1 aromatic carbocycles. The third kappa shape index (κ3) is 4.61. The molecule has 0 saturated carbocycles. The lowest BCUT2D eigenvalue weighted by Gasteiger charge is -2.13. The molecule has 0 fully saturated rings. The van der Waals surface area contributed by atoms with Crippen molar-refractivity contribution in [2.24, 2.45) is 17.6 Å². The summed E-state index contributed by atoms with van der Waals surface area (Å²) in [6, 6.07) is 6.51. The van der Waals surface area contributed by atoms with Crippen LogP contribution in [-0.2, 0) is 24.2 Å². The van der Waals surface area contributed by atoms with E-state index in [4.69, 9.17) is 5.73 Å². The molecule has 0 aliphatic carbocycles. The second-order valence-electron chi connectivity index (χ2n) is 5.56. The van der Waals surface area contributed by atoms with Gasteiger partial charge in [0.05, 0.1) is 0 Å². The zero-order valence-corrected chi connectivity index (χ0v) is 11.8. The van der Waals surface area contributed by atoms with Gasteiger partial charge in [0.2, 0.25) is 0 Å². The van der Waals surface area contributed by atoms with E-state index in [1.807, 2.05) is 6.92 Å². The Bertz CT molecular complexity index is 385. The summed E-state index contributed by atoms with van der Waals surface area (Å²) in [5, 5.41) is 0. The molecule has 0 spiro atoms. The lowest BCUT2D eigenvalue weighted by Crippen LogP contribution is -2.08. The first-order valence-corrected chi connectivity index (χ1v) is 6.82. The Morgan fingerprint density at radius 2 is 1.94 bits per heavy atom. The van der Waals surface area contributed by atoms with E-state index in [9.17, 15) is 4.79 Å². The fourth-order valence-electron chi connectivity index (χ4n) is 2.07. The third-order valence-corrected chi connectivity index (χ3v) is 3.28. The molecule has 18 heavy (non-hydrogen) atoms. The number of carbonyl (C=O) groups is 1. The molecule has 0 aliphatic rings. The summed E-state index contributed by atoms with van der Waals surface area (Å²) in [5.74, 6) is 0.784. The first-order chi connectivity index (χ1) is 8.56. The number of carbonyl (C=O) groups excluding carboxylic acids is 1. The van der Waals surface area contributed by atoms with Crippen molar-refractivity contribution in [3.8, 4) is 0 Å². The van der Waals surface area contributed by atoms with E-state index in [0.29, 0.717) is 6.54 Å². The minimum atomic E-state index is 0.0654. The van der Waals surface area contributed by atoms with Crippen molar-refractivity contribution in [1.29, 1.82) is 0 Å². The topological polar surface area (TPSA) is 43.1 Å². The van der Waals surface area contributed by atoms with E-state index >= 15 is 0 Å². The molecule has 2 nitrogen and oxygen atoms in total. The highest BCUT2D eigenvalue weighted by Crippen LogP contribution is 2.18. The molecule has 0 heterocycles. The van der Waals surface area contributed by atoms with Gasteiger partial charge in [-0.3, -0.25) is 0 Å². The standard InChI is InChI=1S/C16H25NO/c1-12(2)4-5-14-6-7-15(10-17)16(9-14)8-13(3)11-18/h6-7,9,11-13H,4-5,8,10,17H2,1-3H3. The van der Waals surface area contributed by atoms with Crippen LogP contribution in [0.25, 0.3) is 0 Å². The van der Waals surface area contributed by atoms with Gasteiger partial charge in [0.1, 0.15) is 6.29 Å². The molecule has 0 amide bonds. The van der Waals surface area contributed by atoms with Crippen LogP contribution < -0.4 is 5.73 Å². The summed E-state index contributed by atoms with van der Waals surface area (Å²) >= 11 is 0. The zero-order valence-electron chi connectivity index (χ0n) is 11.8. The summed E-state index contributed by atoms with van der Waals surface area (Å²) in [4.78, 5) is 10.8. The summed E-state index contributed by atoms with van der Waals surface area (Å²) in [5.41, 5.74) is 9.51. The van der Waals surface area contributed by atoms with Gasteiger partial charge >= 0.3 is 0 Å². The van der Waals surface area contributed by atoms with Crippen LogP contribution in [-0.4, -0.2) is 6.29 Å². The molecular weight excluding hydrogens is 222 g/mol. The Hall–Kier alpha value is -1.15. The van der Waals surface area contributed by atoms with E-state index in [1.165, 1.54) is 17.5 Å². The van der Waals surface area contributed by atoms with E-state index < -0.39 is 0 Å². The van der Waals surface area contributed by atoms with Gasteiger partial charge in [-0.1, -0.05) is 39.0 Å². The van der Waals surface area contributed by atoms with Crippen molar-refractivity contribution in [3.05, 3.63) is 34.9 Å². The predicted octanol–water partition coefficient (Wildman–Crippen LogP) is 3.11. The molecule has 1 unspecified atom stereocenters. The maximum atomic E-state index is 10.8. The fourth-order valence-corrected chi connectivity index (χ4v) is 2.07. The first-order valence-electron chi connectivity index (χ1n) is 6.82. The fraction of sp³-hybridized carbons (Fsp3) is 0.562. The van der Waals surface area contributed by atoms with Gasteiger partial charge in [0, 0.05) is 12.5 Å². The van der Waals surface area contributed by atoms with Gasteiger partial charge in [0.25, 0.3) is 0 Å². The molecule has 0 aliphatic heterocycles. The van der Waals surface area contributed by atoms with Crippen molar-refractivity contribution in [1.82, 2.24) is 0 Å². The number of benzene rings is 1. The summed E-state index contributed by atoms with van der Waals surface area (Å²) in [6.07, 6.45) is 4.11. The highest BCUT2D eigenvalue weighted by atomic mass is 16.1. The van der Waals surface area contributed by atoms with Crippen LogP contribution in [0.5, 0.6) is 0 Å². The van der Waals surface area contributed by atoms with Crippen LogP contribution in [0.4, 0.5) is 0 Å². The Kier molecular flexibility index (Phi) is 6.06. The minimum Gasteiger partial charge on any atom is -0.326 e. The van der Waals surface area contributed by atoms with Crippen molar-refractivity contribution < 1.29 is 4.79 Å². The smallest absolute Gasteiger partial charge is 0.123 e. The van der Waals surface area contributed by atoms with Gasteiger partial charge in [0.15, 0.2) is 0 Å². The molecule has 100 valence electrons. The number of hydrogen-bond acceptors (Lipinski definition) is 2. The maximum absolute atomic E-state index is 10.8. The van der Waals surface area contributed by atoms with Crippen LogP contribution in [0.2, 0.25) is 0 Å². The average molecular weight is 247 g/mol. The highest BCUT2D eigenvalue weighted by molar-refractivity contribution is 5.54. The Morgan fingerprint density at radius 3 is 2.50 bits per heavy atom. The lowest BCUT2D eigenvalue weighted by molar-refractivity contribution is -0.110. The van der Waals surface area contributed by atoms with Gasteiger partial charge in [-0.05, 0) is 41.9 Å². The van der Waals surface area contributed by atoms with Crippen LogP contribution in [0, 0.1) is 11.8 Å². The first kappa shape index (κ1) is 14.9. The van der Waals surface area contributed by atoms with E-state index in [1.54, 1.807) is 0 Å². The molecule has 2 heteroatoms. The third-order valence-electron chi connectivity index (χ3n) is 3.28. The molecule has 1 aromatic rings. The monoisotopic (exact) mass is 247 g/mol. The summed E-state index contributed by atoms with van der Waals surface area (Å²) in [7, 11) is 0. The molecule has 0 aromatic heterocycles. The number of rotatable bonds is 7. The van der Waals surface area contributed by atoms with Crippen LogP contribution in [0.3, 0.4) is 0 Å². The van der Waals surface area contributed by atoms with Gasteiger partial charge in [-0.25, -0.2) is 0 Å². The SMILES string of the molecule is CC(C)CCc1ccc(CN)c(CC(C)C=O)c1. The number of aryl methyl sites for hydroxylation is 1. The van der Waals surface area contributed by atoms with Crippen molar-refractivity contribution in [3.63, 3.8) is 0 Å². The average Bonchev–Trinajstić information content (AvgIpc) is 2.36. The van der Waals surface area contributed by atoms with Gasteiger partial charge in [-0.2, -0.15) is 0 Å². The molecule has 1 rings (SSSR count). The number of aldehydes is 1. The lowest BCUT2D eigenvalue weighted by atomic mass is 9.93. The Balaban J connectivity index is 2.83. The van der Waals surface area contributed by atoms with E-state index in [2.05, 4.69) is 32.0 Å². The minimum absolute atomic E-state index is 0.0654. The normalized spacial score (nSPS) is 12.7. The quantitative estimate of drug-likeness (QED) is 0.752. The van der Waals surface area contributed by atoms with Crippen molar-refractivity contribution in [2.75, 3.05) is 0 Å².